The Labute approximate surface area is 240 Å². The van der Waals surface area contributed by atoms with E-state index in [-0.39, 0.29) is 24.2 Å². The van der Waals surface area contributed by atoms with Gasteiger partial charge in [-0.15, -0.1) is 0 Å². The van der Waals surface area contributed by atoms with Crippen molar-refractivity contribution in [2.75, 3.05) is 18.0 Å². The van der Waals surface area contributed by atoms with Crippen LogP contribution in [0, 0.1) is 5.82 Å². The van der Waals surface area contributed by atoms with Crippen molar-refractivity contribution in [3.63, 3.8) is 0 Å². The lowest BCUT2D eigenvalue weighted by Crippen LogP contribution is -2.44. The lowest BCUT2D eigenvalue weighted by molar-refractivity contribution is -0.114. The lowest BCUT2D eigenvalue weighted by atomic mass is 9.97. The Morgan fingerprint density at radius 2 is 1.70 bits per heavy atom. The van der Waals surface area contributed by atoms with Crippen molar-refractivity contribution in [1.29, 1.82) is 0 Å². The molecule has 5 rings (SSSR count). The van der Waals surface area contributed by atoms with Crippen LogP contribution in [0.2, 0.25) is 0 Å². The molecule has 0 unspecified atom stereocenters. The van der Waals surface area contributed by atoms with Gasteiger partial charge in [-0.2, -0.15) is 0 Å². The molecule has 2 atom stereocenters. The molecule has 40 heavy (non-hydrogen) atoms. The highest BCUT2D eigenvalue weighted by Gasteiger charge is 2.29. The van der Waals surface area contributed by atoms with Crippen molar-refractivity contribution in [3.8, 4) is 0 Å². The zero-order valence-electron chi connectivity index (χ0n) is 23.1. The number of para-hydroxylation sites is 1. The number of hydrogen-bond donors (Lipinski definition) is 1. The molecule has 3 aromatic rings. The molecule has 0 saturated carbocycles. The molecular weight excluding hydrogens is 521 g/mol. The predicted octanol–water partition coefficient (Wildman–Crippen LogP) is 6.89. The molecule has 0 aliphatic carbocycles. The van der Waals surface area contributed by atoms with Crippen LogP contribution in [0.25, 0.3) is 6.08 Å². The zero-order valence-corrected chi connectivity index (χ0v) is 23.9. The molecule has 5 nitrogen and oxygen atoms in total. The van der Waals surface area contributed by atoms with E-state index in [1.54, 1.807) is 35.2 Å². The van der Waals surface area contributed by atoms with Gasteiger partial charge in [0, 0.05) is 41.2 Å². The van der Waals surface area contributed by atoms with Gasteiger partial charge in [-0.05, 0) is 75.1 Å². The molecule has 208 valence electrons. The minimum atomic E-state index is -0.332. The topological polar surface area (TPSA) is 52.7 Å². The fourth-order valence-corrected chi connectivity index (χ4v) is 6.64. The number of carbonyl (C=O) groups excluding carboxylic acids is 2. The second-order valence-corrected chi connectivity index (χ2v) is 11.7. The van der Waals surface area contributed by atoms with E-state index in [1.807, 2.05) is 42.5 Å². The molecule has 0 bridgehead atoms. The number of hydrogen-bond acceptors (Lipinski definition) is 4. The van der Waals surface area contributed by atoms with E-state index in [2.05, 4.69) is 24.1 Å². The third kappa shape index (κ3) is 6.48. The lowest BCUT2D eigenvalue weighted by Gasteiger charge is -2.39. The Balaban J connectivity index is 1.23. The number of halogens is 1. The monoisotopic (exact) mass is 557 g/mol. The van der Waals surface area contributed by atoms with E-state index in [9.17, 15) is 14.0 Å². The number of anilines is 1. The highest BCUT2D eigenvalue weighted by Crippen LogP contribution is 2.42. The Kier molecular flexibility index (Phi) is 9.02. The number of thioether (sulfide) groups is 1. The molecule has 1 fully saturated rings. The van der Waals surface area contributed by atoms with Crippen LogP contribution in [-0.4, -0.2) is 41.9 Å². The molecule has 0 aromatic heterocycles. The summed E-state index contributed by atoms with van der Waals surface area (Å²) >= 11 is 1.41. The highest BCUT2D eigenvalue weighted by atomic mass is 32.2. The maximum atomic E-state index is 14.4. The molecule has 0 radical (unpaired) electrons. The van der Waals surface area contributed by atoms with Gasteiger partial charge in [-0.3, -0.25) is 14.5 Å². The van der Waals surface area contributed by atoms with E-state index < -0.39 is 0 Å². The standard InChI is InChI=1S/C33H36FN3O2S/c1-23-9-7-10-24(2)36(23)20-8-19-35-32(38)26-17-15-25(16-18-26)21-31-33(39)37(22-27-11-3-4-12-28(27)34)29-13-5-6-14-30(29)40-31/h3-6,11-18,21,23-24H,7-10,19-20,22H2,1-2H3,(H,35,38)/b31-21-/t23-,24-/m0/s1. The Morgan fingerprint density at radius 1 is 1.00 bits per heavy atom. The van der Waals surface area contributed by atoms with Crippen LogP contribution < -0.4 is 10.2 Å². The summed E-state index contributed by atoms with van der Waals surface area (Å²) in [5, 5.41) is 3.04. The van der Waals surface area contributed by atoms with Crippen molar-refractivity contribution in [1.82, 2.24) is 10.2 Å². The molecule has 2 heterocycles. The smallest absolute Gasteiger partial charge is 0.265 e. The normalized spacial score (nSPS) is 20.4. The molecule has 1 saturated heterocycles. The SMILES string of the molecule is C[C@H]1CCC[C@H](C)N1CCCNC(=O)c1ccc(/C=C2\Sc3ccccc3N(Cc3ccccc3F)C2=O)cc1. The van der Waals surface area contributed by atoms with Crippen LogP contribution in [0.15, 0.2) is 82.6 Å². The van der Waals surface area contributed by atoms with E-state index in [4.69, 9.17) is 0 Å². The minimum absolute atomic E-state index is 0.0907. The first kappa shape index (κ1) is 28.1. The van der Waals surface area contributed by atoms with Crippen molar-refractivity contribution in [2.24, 2.45) is 0 Å². The third-order valence-electron chi connectivity index (χ3n) is 7.84. The van der Waals surface area contributed by atoms with E-state index >= 15 is 0 Å². The van der Waals surface area contributed by atoms with E-state index in [0.29, 0.717) is 34.7 Å². The number of amides is 2. The summed E-state index contributed by atoms with van der Waals surface area (Å²) in [4.78, 5) is 31.9. The Bertz CT molecular complexity index is 1380. The summed E-state index contributed by atoms with van der Waals surface area (Å²) in [6.45, 7) is 6.38. The summed E-state index contributed by atoms with van der Waals surface area (Å²) in [5.41, 5.74) is 2.66. The Morgan fingerprint density at radius 3 is 2.45 bits per heavy atom. The van der Waals surface area contributed by atoms with Crippen LogP contribution in [0.3, 0.4) is 0 Å². The first-order valence-electron chi connectivity index (χ1n) is 14.1. The van der Waals surface area contributed by atoms with Gasteiger partial charge in [0.25, 0.3) is 11.8 Å². The van der Waals surface area contributed by atoms with Crippen molar-refractivity contribution < 1.29 is 14.0 Å². The maximum absolute atomic E-state index is 14.4. The van der Waals surface area contributed by atoms with Gasteiger partial charge >= 0.3 is 0 Å². The quantitative estimate of drug-likeness (QED) is 0.242. The van der Waals surface area contributed by atoms with Gasteiger partial charge in [-0.1, -0.05) is 60.6 Å². The molecule has 1 N–H and O–H groups in total. The maximum Gasteiger partial charge on any atom is 0.265 e. The summed E-state index contributed by atoms with van der Waals surface area (Å²) in [7, 11) is 0. The number of benzene rings is 3. The minimum Gasteiger partial charge on any atom is -0.352 e. The first-order chi connectivity index (χ1) is 19.4. The van der Waals surface area contributed by atoms with Gasteiger partial charge in [0.1, 0.15) is 5.82 Å². The summed E-state index contributed by atoms with van der Waals surface area (Å²) < 4.78 is 14.4. The number of fused-ring (bicyclic) bond motifs is 1. The fraction of sp³-hybridized carbons (Fsp3) is 0.333. The van der Waals surface area contributed by atoms with Crippen LogP contribution >= 0.6 is 11.8 Å². The van der Waals surface area contributed by atoms with Crippen molar-refractivity contribution in [2.45, 2.75) is 63.1 Å². The Hall–Kier alpha value is -3.42. The van der Waals surface area contributed by atoms with Gasteiger partial charge in [0.05, 0.1) is 17.1 Å². The van der Waals surface area contributed by atoms with E-state index in [0.717, 1.165) is 29.1 Å². The number of nitrogens with zero attached hydrogens (tertiary/aromatic N) is 2. The average molecular weight is 558 g/mol. The first-order valence-corrected chi connectivity index (χ1v) is 14.9. The van der Waals surface area contributed by atoms with Gasteiger partial charge in [-0.25, -0.2) is 4.39 Å². The van der Waals surface area contributed by atoms with Gasteiger partial charge < -0.3 is 10.2 Å². The van der Waals surface area contributed by atoms with Crippen molar-refractivity contribution >= 4 is 35.3 Å². The summed E-state index contributed by atoms with van der Waals surface area (Å²) in [5.74, 6) is -0.598. The van der Waals surface area contributed by atoms with E-state index in [1.165, 1.54) is 37.1 Å². The molecule has 2 aliphatic rings. The van der Waals surface area contributed by atoms with Gasteiger partial charge in [0.2, 0.25) is 0 Å². The zero-order chi connectivity index (χ0) is 28.1. The van der Waals surface area contributed by atoms with Crippen LogP contribution in [0.4, 0.5) is 10.1 Å². The largest absolute Gasteiger partial charge is 0.352 e. The molecular formula is C33H36FN3O2S. The predicted molar refractivity (Wildman–Crippen MR) is 161 cm³/mol. The number of nitrogens with one attached hydrogen (secondary N) is 1. The molecule has 0 spiro atoms. The summed E-state index contributed by atoms with van der Waals surface area (Å²) in [6.07, 6.45) is 6.56. The van der Waals surface area contributed by atoms with Crippen molar-refractivity contribution in [3.05, 3.63) is 100 Å². The van der Waals surface area contributed by atoms with Crippen LogP contribution in [-0.2, 0) is 11.3 Å². The van der Waals surface area contributed by atoms with Crippen LogP contribution in [0.1, 0.15) is 61.0 Å². The number of carbonyl (C=O) groups is 2. The second kappa shape index (κ2) is 12.8. The number of likely N-dealkylation sites (tertiary alicyclic amines) is 1. The molecule has 7 heteroatoms. The average Bonchev–Trinajstić information content (AvgIpc) is 2.96. The molecule has 3 aromatic carbocycles. The molecule has 2 amide bonds. The van der Waals surface area contributed by atoms with Crippen LogP contribution in [0.5, 0.6) is 0 Å². The third-order valence-corrected chi connectivity index (χ3v) is 8.92. The van der Waals surface area contributed by atoms with Gasteiger partial charge in [0.15, 0.2) is 0 Å². The molecule has 2 aliphatic heterocycles. The second-order valence-electron chi connectivity index (χ2n) is 10.7. The fourth-order valence-electron chi connectivity index (χ4n) is 5.58. The highest BCUT2D eigenvalue weighted by molar-refractivity contribution is 8.04. The number of rotatable bonds is 8. The summed E-state index contributed by atoms with van der Waals surface area (Å²) in [6, 6.07) is 22.7. The number of piperidine rings is 1.